The second-order valence-corrected chi connectivity index (χ2v) is 1.77. The van der Waals surface area contributed by atoms with Crippen molar-refractivity contribution in [1.29, 1.82) is 0 Å². The van der Waals surface area contributed by atoms with E-state index in [1.165, 1.54) is 0 Å². The molecule has 0 aliphatic carbocycles. The Balaban J connectivity index is 4.14. The van der Waals surface area contributed by atoms with Gasteiger partial charge in [0.2, 0.25) is 5.91 Å². The lowest BCUT2D eigenvalue weighted by Crippen LogP contribution is -2.41. The van der Waals surface area contributed by atoms with Gasteiger partial charge in [0, 0.05) is 0 Å². The van der Waals surface area contributed by atoms with Crippen LogP contribution in [0.3, 0.4) is 0 Å². The summed E-state index contributed by atoms with van der Waals surface area (Å²) in [4.78, 5) is 9.77. The number of nitrogens with two attached hydrogens (primary N) is 1. The van der Waals surface area contributed by atoms with E-state index >= 15 is 0 Å². The quantitative estimate of drug-likeness (QED) is 0.668. The molecule has 0 aromatic heterocycles. The highest BCUT2D eigenvalue weighted by molar-refractivity contribution is 5.75. The van der Waals surface area contributed by atoms with Gasteiger partial charge in [0.05, 0.1) is 0 Å². The van der Waals surface area contributed by atoms with E-state index in [2.05, 4.69) is 10.5 Å². The van der Waals surface area contributed by atoms with E-state index in [9.17, 15) is 26.7 Å². The SMILES string of the molecule is NC(=O)COC(F)(F)C(F)(F)F. The van der Waals surface area contributed by atoms with Gasteiger partial charge < -0.3 is 10.5 Å². The number of ether oxygens (including phenoxy) is 1. The number of amides is 1. The first-order chi connectivity index (χ1) is 5.17. The van der Waals surface area contributed by atoms with Gasteiger partial charge in [-0.1, -0.05) is 0 Å². The average molecular weight is 193 g/mol. The van der Waals surface area contributed by atoms with Crippen molar-refractivity contribution in [2.45, 2.75) is 12.3 Å². The minimum absolute atomic E-state index is 1.40. The van der Waals surface area contributed by atoms with E-state index in [-0.39, 0.29) is 0 Å². The van der Waals surface area contributed by atoms with Crippen LogP contribution in [0.2, 0.25) is 0 Å². The Morgan fingerprint density at radius 2 is 1.67 bits per heavy atom. The molecule has 8 heteroatoms. The number of rotatable bonds is 3. The molecular weight excluding hydrogens is 189 g/mol. The third-order valence-corrected chi connectivity index (χ3v) is 0.726. The molecule has 0 rings (SSSR count). The van der Waals surface area contributed by atoms with Crippen molar-refractivity contribution in [3.63, 3.8) is 0 Å². The van der Waals surface area contributed by atoms with Crippen molar-refractivity contribution < 1.29 is 31.5 Å². The molecule has 72 valence electrons. The van der Waals surface area contributed by atoms with Crippen LogP contribution in [0.15, 0.2) is 0 Å². The molecule has 2 N–H and O–H groups in total. The van der Waals surface area contributed by atoms with Crippen LogP contribution >= 0.6 is 0 Å². The summed E-state index contributed by atoms with van der Waals surface area (Å²) in [5, 5.41) is 0. The Kier molecular flexibility index (Phi) is 2.97. The summed E-state index contributed by atoms with van der Waals surface area (Å²) < 4.78 is 60.2. The van der Waals surface area contributed by atoms with Crippen LogP contribution in [0.1, 0.15) is 0 Å². The summed E-state index contributed by atoms with van der Waals surface area (Å²) in [6.45, 7) is -1.48. The predicted molar refractivity (Wildman–Crippen MR) is 26.1 cm³/mol. The molecule has 0 heterocycles. The predicted octanol–water partition coefficient (Wildman–Crippen LogP) is 0.643. The van der Waals surface area contributed by atoms with Gasteiger partial charge in [0.15, 0.2) is 0 Å². The van der Waals surface area contributed by atoms with Gasteiger partial charge in [-0.3, -0.25) is 4.79 Å². The van der Waals surface area contributed by atoms with Crippen LogP contribution in [0.25, 0.3) is 0 Å². The zero-order chi connectivity index (χ0) is 9.99. The van der Waals surface area contributed by atoms with Gasteiger partial charge in [-0.15, -0.1) is 0 Å². The van der Waals surface area contributed by atoms with E-state index in [4.69, 9.17) is 0 Å². The third kappa shape index (κ3) is 2.99. The normalized spacial score (nSPS) is 13.1. The van der Waals surface area contributed by atoms with Crippen molar-refractivity contribution in [3.05, 3.63) is 0 Å². The minimum atomic E-state index is -5.83. The molecule has 3 nitrogen and oxygen atoms in total. The number of carbonyl (C=O) groups is 1. The fraction of sp³-hybridized carbons (Fsp3) is 0.750. The van der Waals surface area contributed by atoms with Crippen LogP contribution in [-0.4, -0.2) is 24.8 Å². The lowest BCUT2D eigenvalue weighted by molar-refractivity contribution is -0.388. The number of hydrogen-bond donors (Lipinski definition) is 1. The van der Waals surface area contributed by atoms with Gasteiger partial charge >= 0.3 is 12.3 Å². The summed E-state index contributed by atoms with van der Waals surface area (Å²) in [6.07, 6.45) is -11.2. The smallest absolute Gasteiger partial charge is 0.368 e. The van der Waals surface area contributed by atoms with Gasteiger partial charge in [-0.05, 0) is 0 Å². The second kappa shape index (κ2) is 3.21. The lowest BCUT2D eigenvalue weighted by atomic mass is 10.6. The molecule has 12 heavy (non-hydrogen) atoms. The Hall–Kier alpha value is -0.920. The maximum Gasteiger partial charge on any atom is 0.482 e. The molecule has 0 aromatic rings. The Morgan fingerprint density at radius 3 is 1.92 bits per heavy atom. The first-order valence-electron chi connectivity index (χ1n) is 2.53. The first-order valence-corrected chi connectivity index (χ1v) is 2.53. The van der Waals surface area contributed by atoms with E-state index < -0.39 is 24.8 Å². The Morgan fingerprint density at radius 1 is 1.25 bits per heavy atom. The highest BCUT2D eigenvalue weighted by atomic mass is 19.4. The van der Waals surface area contributed by atoms with Gasteiger partial charge in [-0.25, -0.2) is 0 Å². The maximum absolute atomic E-state index is 11.7. The first kappa shape index (κ1) is 11.1. The van der Waals surface area contributed by atoms with Crippen molar-refractivity contribution in [1.82, 2.24) is 0 Å². The molecule has 0 unspecified atom stereocenters. The summed E-state index contributed by atoms with van der Waals surface area (Å²) in [6, 6.07) is 0. The van der Waals surface area contributed by atoms with Gasteiger partial charge in [0.1, 0.15) is 6.61 Å². The summed E-state index contributed by atoms with van der Waals surface area (Å²) in [5.41, 5.74) is 4.28. The maximum atomic E-state index is 11.7. The molecular formula is C4H4F5NO2. The van der Waals surface area contributed by atoms with Crippen molar-refractivity contribution in [3.8, 4) is 0 Å². The number of alkyl halides is 5. The molecule has 0 aliphatic rings. The molecule has 0 bridgehead atoms. The fourth-order valence-corrected chi connectivity index (χ4v) is 0.244. The van der Waals surface area contributed by atoms with Crippen LogP contribution in [-0.2, 0) is 9.53 Å². The average Bonchev–Trinajstić information content (AvgIpc) is 1.81. The molecule has 1 amide bonds. The molecule has 0 radical (unpaired) electrons. The zero-order valence-electron chi connectivity index (χ0n) is 5.49. The fourth-order valence-electron chi connectivity index (χ4n) is 0.244. The highest BCUT2D eigenvalue weighted by Crippen LogP contribution is 2.35. The van der Waals surface area contributed by atoms with E-state index in [1.807, 2.05) is 0 Å². The molecule has 0 spiro atoms. The Bertz CT molecular complexity index is 177. The third-order valence-electron chi connectivity index (χ3n) is 0.726. The van der Waals surface area contributed by atoms with Crippen LogP contribution in [0.4, 0.5) is 22.0 Å². The van der Waals surface area contributed by atoms with E-state index in [0.29, 0.717) is 0 Å². The lowest BCUT2D eigenvalue weighted by Gasteiger charge is -2.18. The number of carbonyl (C=O) groups excluding carboxylic acids is 1. The van der Waals surface area contributed by atoms with E-state index in [1.54, 1.807) is 0 Å². The van der Waals surface area contributed by atoms with E-state index in [0.717, 1.165) is 0 Å². The second-order valence-electron chi connectivity index (χ2n) is 1.77. The number of halogens is 5. The number of hydrogen-bond acceptors (Lipinski definition) is 2. The molecule has 0 saturated carbocycles. The van der Waals surface area contributed by atoms with Crippen LogP contribution in [0.5, 0.6) is 0 Å². The molecule has 0 aliphatic heterocycles. The molecule has 0 aromatic carbocycles. The van der Waals surface area contributed by atoms with Crippen molar-refractivity contribution in [2.24, 2.45) is 5.73 Å². The van der Waals surface area contributed by atoms with Gasteiger partial charge in [0.25, 0.3) is 0 Å². The Labute approximate surface area is 63.3 Å². The molecule has 0 fully saturated rings. The standard InChI is InChI=1S/C4H4F5NO2/c5-3(6,7)4(8,9)12-1-2(10)11/h1H2,(H2,10,11). The zero-order valence-corrected chi connectivity index (χ0v) is 5.49. The number of primary amides is 1. The summed E-state index contributed by atoms with van der Waals surface area (Å²) in [7, 11) is 0. The summed E-state index contributed by atoms with van der Waals surface area (Å²) >= 11 is 0. The van der Waals surface area contributed by atoms with Crippen LogP contribution < -0.4 is 5.73 Å². The molecule has 0 saturated heterocycles. The largest absolute Gasteiger partial charge is 0.482 e. The minimum Gasteiger partial charge on any atom is -0.368 e. The monoisotopic (exact) mass is 193 g/mol. The van der Waals surface area contributed by atoms with Crippen molar-refractivity contribution in [2.75, 3.05) is 6.61 Å². The highest BCUT2D eigenvalue weighted by Gasteiger charge is 2.59. The summed E-state index contributed by atoms with van der Waals surface area (Å²) in [5.74, 6) is -1.40. The van der Waals surface area contributed by atoms with Crippen molar-refractivity contribution >= 4 is 5.91 Å². The molecule has 0 atom stereocenters. The van der Waals surface area contributed by atoms with Gasteiger partial charge in [-0.2, -0.15) is 22.0 Å². The van der Waals surface area contributed by atoms with Crippen LogP contribution in [0, 0.1) is 0 Å². The topological polar surface area (TPSA) is 52.3 Å².